The van der Waals surface area contributed by atoms with Gasteiger partial charge >= 0.3 is 0 Å². The first-order valence-corrected chi connectivity index (χ1v) is 5.53. The van der Waals surface area contributed by atoms with Crippen LogP contribution in [-0.2, 0) is 0 Å². The van der Waals surface area contributed by atoms with Gasteiger partial charge in [0.05, 0.1) is 11.1 Å². The van der Waals surface area contributed by atoms with Gasteiger partial charge in [-0.1, -0.05) is 17.7 Å². The molecular weight excluding hydrogens is 267 g/mol. The molecule has 0 bridgehead atoms. The topological polar surface area (TPSA) is 29.5 Å². The average molecular weight is 280 g/mol. The average Bonchev–Trinajstić information content (AvgIpc) is 2.13. The van der Waals surface area contributed by atoms with Gasteiger partial charge in [-0.3, -0.25) is 0 Å². The number of aliphatic hydroxyl groups excluding tert-OH is 1. The van der Waals surface area contributed by atoms with Crippen LogP contribution in [0.1, 0.15) is 13.3 Å². The fourth-order valence-electron chi connectivity index (χ4n) is 1.03. The lowest BCUT2D eigenvalue weighted by Crippen LogP contribution is -2.13. The predicted molar refractivity (Wildman–Crippen MR) is 60.9 cm³/mol. The lowest BCUT2D eigenvalue weighted by molar-refractivity contribution is 0.169. The largest absolute Gasteiger partial charge is 0.489 e. The Morgan fingerprint density at radius 1 is 1.57 bits per heavy atom. The highest BCUT2D eigenvalue weighted by atomic mass is 79.9. The van der Waals surface area contributed by atoms with E-state index in [1.54, 1.807) is 6.07 Å². The van der Waals surface area contributed by atoms with Crippen molar-refractivity contribution in [2.24, 2.45) is 0 Å². The van der Waals surface area contributed by atoms with Gasteiger partial charge in [0.15, 0.2) is 0 Å². The van der Waals surface area contributed by atoms with Gasteiger partial charge in [-0.15, -0.1) is 0 Å². The van der Waals surface area contributed by atoms with E-state index in [2.05, 4.69) is 15.9 Å². The smallest absolute Gasteiger partial charge is 0.139 e. The third-order valence-corrected chi connectivity index (χ3v) is 3.06. The van der Waals surface area contributed by atoms with Crippen molar-refractivity contribution in [3.8, 4) is 5.75 Å². The second-order valence-electron chi connectivity index (χ2n) is 2.99. The highest BCUT2D eigenvalue weighted by molar-refractivity contribution is 9.10. The molecule has 0 aliphatic heterocycles. The van der Waals surface area contributed by atoms with Crippen molar-refractivity contribution in [2.45, 2.75) is 19.4 Å². The van der Waals surface area contributed by atoms with Gasteiger partial charge in [0.25, 0.3) is 0 Å². The fraction of sp³-hybridized carbons (Fsp3) is 0.400. The molecule has 0 saturated heterocycles. The van der Waals surface area contributed by atoms with Crippen LogP contribution in [0.3, 0.4) is 0 Å². The molecule has 0 aromatic heterocycles. The highest BCUT2D eigenvalue weighted by Gasteiger charge is 2.08. The quantitative estimate of drug-likeness (QED) is 0.917. The van der Waals surface area contributed by atoms with E-state index >= 15 is 0 Å². The monoisotopic (exact) mass is 278 g/mol. The predicted octanol–water partition coefficient (Wildman–Crippen LogP) is 3.25. The zero-order chi connectivity index (χ0) is 10.6. The van der Waals surface area contributed by atoms with E-state index in [9.17, 15) is 0 Å². The maximum Gasteiger partial charge on any atom is 0.139 e. The molecule has 0 heterocycles. The summed E-state index contributed by atoms with van der Waals surface area (Å²) in [5.74, 6) is 0.641. The van der Waals surface area contributed by atoms with Crippen LogP contribution in [0.25, 0.3) is 0 Å². The minimum absolute atomic E-state index is 0.0354. The molecule has 1 aromatic rings. The molecule has 1 N–H and O–H groups in total. The molecule has 0 amide bonds. The van der Waals surface area contributed by atoms with Crippen LogP contribution in [0.5, 0.6) is 5.75 Å². The van der Waals surface area contributed by atoms with E-state index < -0.39 is 0 Å². The molecule has 0 saturated carbocycles. The van der Waals surface area contributed by atoms with Crippen LogP contribution in [-0.4, -0.2) is 17.8 Å². The van der Waals surface area contributed by atoms with E-state index in [0.29, 0.717) is 17.2 Å². The Kier molecular flexibility index (Phi) is 4.72. The van der Waals surface area contributed by atoms with Crippen molar-refractivity contribution in [2.75, 3.05) is 6.61 Å². The van der Waals surface area contributed by atoms with Crippen LogP contribution in [0.2, 0.25) is 5.02 Å². The van der Waals surface area contributed by atoms with Crippen molar-refractivity contribution in [1.29, 1.82) is 0 Å². The summed E-state index contributed by atoms with van der Waals surface area (Å²) in [6.45, 7) is 2.01. The molecule has 2 nitrogen and oxygen atoms in total. The van der Waals surface area contributed by atoms with Gasteiger partial charge < -0.3 is 9.84 Å². The SMILES string of the molecule is CC(CCO)Oc1cccc(Br)c1Cl. The highest BCUT2D eigenvalue weighted by Crippen LogP contribution is 2.32. The zero-order valence-electron chi connectivity index (χ0n) is 7.84. The Balaban J connectivity index is 2.71. The molecule has 0 aliphatic carbocycles. The van der Waals surface area contributed by atoms with Gasteiger partial charge in [0, 0.05) is 17.5 Å². The van der Waals surface area contributed by atoms with Gasteiger partial charge in [-0.25, -0.2) is 0 Å². The van der Waals surface area contributed by atoms with Gasteiger partial charge in [0.1, 0.15) is 5.75 Å². The minimum Gasteiger partial charge on any atom is -0.489 e. The third kappa shape index (κ3) is 3.15. The third-order valence-electron chi connectivity index (χ3n) is 1.78. The summed E-state index contributed by atoms with van der Waals surface area (Å²) in [5.41, 5.74) is 0. The van der Waals surface area contributed by atoms with Gasteiger partial charge in [-0.2, -0.15) is 0 Å². The maximum atomic E-state index is 8.72. The Bertz CT molecular complexity index is 304. The van der Waals surface area contributed by atoms with Crippen LogP contribution < -0.4 is 4.74 Å². The summed E-state index contributed by atoms with van der Waals surface area (Å²) < 4.78 is 6.36. The first-order valence-electron chi connectivity index (χ1n) is 4.36. The summed E-state index contributed by atoms with van der Waals surface area (Å²) in [6.07, 6.45) is 0.565. The van der Waals surface area contributed by atoms with Crippen LogP contribution in [0, 0.1) is 0 Å². The van der Waals surface area contributed by atoms with E-state index in [1.165, 1.54) is 0 Å². The van der Waals surface area contributed by atoms with Gasteiger partial charge in [0.2, 0.25) is 0 Å². The summed E-state index contributed by atoms with van der Waals surface area (Å²) >= 11 is 9.32. The Morgan fingerprint density at radius 2 is 2.29 bits per heavy atom. The van der Waals surface area contributed by atoms with Crippen molar-refractivity contribution >= 4 is 27.5 Å². The number of hydrogen-bond acceptors (Lipinski definition) is 2. The van der Waals surface area contributed by atoms with Crippen molar-refractivity contribution < 1.29 is 9.84 Å². The van der Waals surface area contributed by atoms with Crippen LogP contribution >= 0.6 is 27.5 Å². The molecule has 4 heteroatoms. The zero-order valence-corrected chi connectivity index (χ0v) is 10.2. The maximum absolute atomic E-state index is 8.72. The molecule has 1 atom stereocenters. The molecule has 1 unspecified atom stereocenters. The Hall–Kier alpha value is -0.250. The van der Waals surface area contributed by atoms with E-state index in [1.807, 2.05) is 19.1 Å². The van der Waals surface area contributed by atoms with Crippen LogP contribution in [0.15, 0.2) is 22.7 Å². The van der Waals surface area contributed by atoms with E-state index in [-0.39, 0.29) is 12.7 Å². The number of hydrogen-bond donors (Lipinski definition) is 1. The first kappa shape index (κ1) is 11.8. The Labute approximate surface area is 97.0 Å². The molecule has 0 aliphatic rings. The minimum atomic E-state index is -0.0354. The molecule has 1 rings (SSSR count). The van der Waals surface area contributed by atoms with Crippen molar-refractivity contribution in [3.63, 3.8) is 0 Å². The summed E-state index contributed by atoms with van der Waals surface area (Å²) in [5, 5.41) is 9.28. The van der Waals surface area contributed by atoms with Crippen molar-refractivity contribution in [3.05, 3.63) is 27.7 Å². The summed E-state index contributed by atoms with van der Waals surface area (Å²) in [7, 11) is 0. The molecular formula is C10H12BrClO2. The standard InChI is InChI=1S/C10H12BrClO2/c1-7(5-6-13)14-9-4-2-3-8(11)10(9)12/h2-4,7,13H,5-6H2,1H3. The molecule has 0 spiro atoms. The number of aliphatic hydroxyl groups is 1. The van der Waals surface area contributed by atoms with E-state index in [0.717, 1.165) is 4.47 Å². The normalized spacial score (nSPS) is 12.6. The Morgan fingerprint density at radius 3 is 2.93 bits per heavy atom. The van der Waals surface area contributed by atoms with E-state index in [4.69, 9.17) is 21.4 Å². The molecule has 0 radical (unpaired) electrons. The summed E-state index contributed by atoms with van der Waals surface area (Å²) in [4.78, 5) is 0. The fourth-order valence-corrected chi connectivity index (χ4v) is 1.55. The molecule has 0 fully saturated rings. The number of halogens is 2. The first-order chi connectivity index (χ1) is 6.65. The van der Waals surface area contributed by atoms with Crippen molar-refractivity contribution in [1.82, 2.24) is 0 Å². The molecule has 1 aromatic carbocycles. The lowest BCUT2D eigenvalue weighted by atomic mass is 10.3. The second kappa shape index (κ2) is 5.59. The number of ether oxygens (including phenoxy) is 1. The second-order valence-corrected chi connectivity index (χ2v) is 4.23. The van der Waals surface area contributed by atoms with Crippen LogP contribution in [0.4, 0.5) is 0 Å². The lowest BCUT2D eigenvalue weighted by Gasteiger charge is -2.14. The molecule has 78 valence electrons. The summed E-state index contributed by atoms with van der Waals surface area (Å²) in [6, 6.07) is 5.52. The number of rotatable bonds is 4. The molecule has 14 heavy (non-hydrogen) atoms. The number of benzene rings is 1. The van der Waals surface area contributed by atoms with Gasteiger partial charge in [-0.05, 0) is 35.0 Å².